The van der Waals surface area contributed by atoms with Gasteiger partial charge in [-0.05, 0) is 83.5 Å². The molecule has 0 aliphatic heterocycles. The minimum Gasteiger partial charge on any atom is -0.462 e. The van der Waals surface area contributed by atoms with E-state index in [-0.39, 0.29) is 32.0 Å². The number of hydrogen-bond acceptors (Lipinski definition) is 7. The highest BCUT2D eigenvalue weighted by Crippen LogP contribution is 2.43. The fraction of sp³-hybridized carbons (Fsp3) is 0.774. The zero-order valence-electron chi connectivity index (χ0n) is 47.4. The standard InChI is InChI=1S/C62H112NO8P/c1-6-8-10-12-14-16-18-20-22-23-24-25-26-27-28-29-30-31-32-33-34-35-36-37-38-39-41-43-45-47-49-51-53-55-62(65)71-60(59-70-72(66,67)69-57-56-63(3,4)5)58-68-61(64)54-52-50-48-46-44-42-40-21-19-17-15-13-11-9-7-2/h8,10,14-17,20-22,24-25,40,60H,6-7,9,11-13,18-19,23,26-39,41-59H2,1-5H3/p+1/b10-8-,16-14-,17-15-,22-20-,25-24-,40-21-. The first-order chi connectivity index (χ1) is 35.0. The molecule has 10 heteroatoms. The monoisotopic (exact) mass is 1030 g/mol. The molecule has 0 fully saturated rings. The van der Waals surface area contributed by atoms with E-state index in [0.29, 0.717) is 17.4 Å². The Balaban J connectivity index is 4.03. The van der Waals surface area contributed by atoms with Crippen molar-refractivity contribution in [3.63, 3.8) is 0 Å². The molecule has 0 bridgehead atoms. The third-order valence-corrected chi connectivity index (χ3v) is 13.7. The third-order valence-electron chi connectivity index (χ3n) is 12.7. The molecular weight excluding hydrogens is 918 g/mol. The van der Waals surface area contributed by atoms with Crippen LogP contribution in [0.2, 0.25) is 0 Å². The van der Waals surface area contributed by atoms with Gasteiger partial charge in [-0.15, -0.1) is 0 Å². The number of unbranched alkanes of at least 4 members (excludes halogenated alkanes) is 28. The van der Waals surface area contributed by atoms with Crippen molar-refractivity contribution in [2.24, 2.45) is 0 Å². The lowest BCUT2D eigenvalue weighted by Gasteiger charge is -2.24. The zero-order valence-corrected chi connectivity index (χ0v) is 48.3. The molecule has 0 spiro atoms. The number of phosphoric ester groups is 1. The van der Waals surface area contributed by atoms with E-state index in [4.69, 9.17) is 18.5 Å². The number of ether oxygens (including phenoxy) is 2. The number of nitrogens with zero attached hydrogens (tertiary/aromatic N) is 1. The van der Waals surface area contributed by atoms with Crippen LogP contribution in [-0.2, 0) is 32.7 Å². The number of hydrogen-bond donors (Lipinski definition) is 1. The third kappa shape index (κ3) is 56.7. The molecule has 0 aromatic carbocycles. The van der Waals surface area contributed by atoms with Gasteiger partial charge in [0, 0.05) is 12.8 Å². The summed E-state index contributed by atoms with van der Waals surface area (Å²) in [4.78, 5) is 35.6. The molecular formula is C62H113NO8P+. The van der Waals surface area contributed by atoms with Crippen molar-refractivity contribution >= 4 is 19.8 Å². The Morgan fingerprint density at radius 2 is 0.792 bits per heavy atom. The molecule has 0 amide bonds. The number of quaternary nitrogens is 1. The lowest BCUT2D eigenvalue weighted by Crippen LogP contribution is -2.37. The van der Waals surface area contributed by atoms with E-state index in [1.807, 2.05) is 21.1 Å². The van der Waals surface area contributed by atoms with Gasteiger partial charge in [0.05, 0.1) is 27.7 Å². The maximum atomic E-state index is 12.8. The predicted octanol–water partition coefficient (Wildman–Crippen LogP) is 18.5. The summed E-state index contributed by atoms with van der Waals surface area (Å²) in [5, 5.41) is 0. The average Bonchev–Trinajstić information content (AvgIpc) is 3.34. The Bertz CT molecular complexity index is 1450. The molecule has 418 valence electrons. The van der Waals surface area contributed by atoms with E-state index < -0.39 is 26.5 Å². The van der Waals surface area contributed by atoms with Crippen molar-refractivity contribution in [1.82, 2.24) is 0 Å². The molecule has 2 unspecified atom stereocenters. The van der Waals surface area contributed by atoms with Crippen LogP contribution < -0.4 is 0 Å². The van der Waals surface area contributed by atoms with Crippen molar-refractivity contribution in [1.29, 1.82) is 0 Å². The molecule has 72 heavy (non-hydrogen) atoms. The first-order valence-corrected chi connectivity index (χ1v) is 31.2. The van der Waals surface area contributed by atoms with E-state index in [2.05, 4.69) is 86.8 Å². The fourth-order valence-corrected chi connectivity index (χ4v) is 8.90. The van der Waals surface area contributed by atoms with Crippen LogP contribution in [0.1, 0.15) is 258 Å². The SMILES string of the molecule is CC/C=C\C/C=C\C/C=C\C/C=C\CCCCCCCCCCCCCCCCCCCCCCC(=O)OC(COC(=O)CCCCCCC/C=C\C/C=C\CCCCC)COP(=O)(O)OCC[N+](C)(C)C. The number of esters is 2. The number of carbonyl (C=O) groups excluding carboxylic acids is 2. The zero-order chi connectivity index (χ0) is 52.7. The fourth-order valence-electron chi connectivity index (χ4n) is 8.16. The van der Waals surface area contributed by atoms with Crippen molar-refractivity contribution in [3.8, 4) is 0 Å². The van der Waals surface area contributed by atoms with Crippen LogP contribution in [-0.4, -0.2) is 74.9 Å². The maximum absolute atomic E-state index is 12.8. The summed E-state index contributed by atoms with van der Waals surface area (Å²) in [6.45, 7) is 4.29. The van der Waals surface area contributed by atoms with Crippen molar-refractivity contribution in [3.05, 3.63) is 72.9 Å². The summed E-state index contributed by atoms with van der Waals surface area (Å²) in [5.41, 5.74) is 0. The Kier molecular flexibility index (Phi) is 51.4. The number of allylic oxidation sites excluding steroid dienone is 12. The lowest BCUT2D eigenvalue weighted by atomic mass is 10.0. The van der Waals surface area contributed by atoms with Gasteiger partial charge < -0.3 is 18.9 Å². The molecule has 0 rings (SSSR count). The number of rotatable bonds is 54. The van der Waals surface area contributed by atoms with Crippen molar-refractivity contribution in [2.45, 2.75) is 264 Å². The van der Waals surface area contributed by atoms with Gasteiger partial charge in [-0.2, -0.15) is 0 Å². The molecule has 0 radical (unpaired) electrons. The van der Waals surface area contributed by atoms with Gasteiger partial charge in [0.1, 0.15) is 19.8 Å². The summed E-state index contributed by atoms with van der Waals surface area (Å²) in [6, 6.07) is 0. The van der Waals surface area contributed by atoms with Crippen molar-refractivity contribution < 1.29 is 42.1 Å². The van der Waals surface area contributed by atoms with E-state index in [1.54, 1.807) is 0 Å². The molecule has 0 saturated carbocycles. The summed E-state index contributed by atoms with van der Waals surface area (Å²) in [6.07, 6.45) is 69.8. The van der Waals surface area contributed by atoms with Crippen LogP contribution in [0.4, 0.5) is 0 Å². The second-order valence-electron chi connectivity index (χ2n) is 21.0. The summed E-state index contributed by atoms with van der Waals surface area (Å²) < 4.78 is 34.5. The van der Waals surface area contributed by atoms with E-state index in [1.165, 1.54) is 141 Å². The van der Waals surface area contributed by atoms with Gasteiger partial charge in [0.25, 0.3) is 0 Å². The molecule has 9 nitrogen and oxygen atoms in total. The largest absolute Gasteiger partial charge is 0.472 e. The molecule has 0 saturated heterocycles. The first kappa shape index (κ1) is 69.5. The molecule has 0 heterocycles. The maximum Gasteiger partial charge on any atom is 0.472 e. The number of phosphoric acid groups is 1. The Hall–Kier alpha value is -2.55. The van der Waals surface area contributed by atoms with Crippen LogP contribution in [0.15, 0.2) is 72.9 Å². The first-order valence-electron chi connectivity index (χ1n) is 29.7. The molecule has 1 N–H and O–H groups in total. The number of likely N-dealkylation sites (N-methyl/N-ethyl adjacent to an activating group) is 1. The average molecular weight is 1030 g/mol. The van der Waals surface area contributed by atoms with Crippen molar-refractivity contribution in [2.75, 3.05) is 47.5 Å². The molecule has 2 atom stereocenters. The summed E-state index contributed by atoms with van der Waals surface area (Å²) >= 11 is 0. The summed E-state index contributed by atoms with van der Waals surface area (Å²) in [7, 11) is 1.47. The normalized spacial score (nSPS) is 13.8. The van der Waals surface area contributed by atoms with Gasteiger partial charge in [0.15, 0.2) is 6.10 Å². The van der Waals surface area contributed by atoms with Gasteiger partial charge in [0.2, 0.25) is 0 Å². The molecule has 0 aliphatic rings. The topological polar surface area (TPSA) is 108 Å². The van der Waals surface area contributed by atoms with E-state index >= 15 is 0 Å². The predicted molar refractivity (Wildman–Crippen MR) is 307 cm³/mol. The molecule has 0 aromatic heterocycles. The van der Waals surface area contributed by atoms with Crippen LogP contribution in [0.5, 0.6) is 0 Å². The molecule has 0 aromatic rings. The number of carbonyl (C=O) groups is 2. The van der Waals surface area contributed by atoms with Gasteiger partial charge in [-0.25, -0.2) is 4.57 Å². The highest BCUT2D eigenvalue weighted by Gasteiger charge is 2.27. The second-order valence-corrected chi connectivity index (χ2v) is 22.5. The quantitative estimate of drug-likeness (QED) is 0.0211. The van der Waals surface area contributed by atoms with E-state index in [0.717, 1.165) is 83.5 Å². The smallest absolute Gasteiger partial charge is 0.462 e. The Morgan fingerprint density at radius 3 is 1.18 bits per heavy atom. The second kappa shape index (κ2) is 53.3. The Labute approximate surface area is 444 Å². The van der Waals surface area contributed by atoms with Gasteiger partial charge >= 0.3 is 19.8 Å². The minimum atomic E-state index is -4.39. The van der Waals surface area contributed by atoms with Gasteiger partial charge in [-0.3, -0.25) is 18.6 Å². The highest BCUT2D eigenvalue weighted by molar-refractivity contribution is 7.47. The highest BCUT2D eigenvalue weighted by atomic mass is 31.2. The summed E-state index contributed by atoms with van der Waals surface area (Å²) in [5.74, 6) is -0.807. The Morgan fingerprint density at radius 1 is 0.444 bits per heavy atom. The van der Waals surface area contributed by atoms with E-state index in [9.17, 15) is 19.0 Å². The lowest BCUT2D eigenvalue weighted by molar-refractivity contribution is -0.870. The van der Waals surface area contributed by atoms with Crippen LogP contribution in [0, 0.1) is 0 Å². The van der Waals surface area contributed by atoms with Gasteiger partial charge in [-0.1, -0.05) is 234 Å². The minimum absolute atomic E-state index is 0.0286. The molecule has 0 aliphatic carbocycles. The van der Waals surface area contributed by atoms with Crippen LogP contribution in [0.3, 0.4) is 0 Å². The van der Waals surface area contributed by atoms with Crippen LogP contribution in [0.25, 0.3) is 0 Å². The van der Waals surface area contributed by atoms with Crippen LogP contribution >= 0.6 is 7.82 Å².